The van der Waals surface area contributed by atoms with E-state index in [4.69, 9.17) is 14.1 Å². The molecule has 0 aliphatic carbocycles. The molecule has 0 saturated carbocycles. The van der Waals surface area contributed by atoms with Crippen LogP contribution in [-0.4, -0.2) is 73.3 Å². The molecule has 5 unspecified atom stereocenters. The summed E-state index contributed by atoms with van der Waals surface area (Å²) in [5, 5.41) is 8.01. The molecular formula is C36H53N5O6Si. The molecule has 2 aliphatic heterocycles. The van der Waals surface area contributed by atoms with Crippen LogP contribution in [0.5, 0.6) is 0 Å². The van der Waals surface area contributed by atoms with Gasteiger partial charge in [-0.05, 0) is 75.4 Å². The third-order valence-corrected chi connectivity index (χ3v) is 14.3. The second-order valence-electron chi connectivity index (χ2n) is 15.3. The van der Waals surface area contributed by atoms with Crippen molar-refractivity contribution in [1.82, 2.24) is 26.1 Å². The summed E-state index contributed by atoms with van der Waals surface area (Å²) in [5.41, 5.74) is 4.06. The number of fused-ring (bicyclic) bond motifs is 4. The van der Waals surface area contributed by atoms with Crippen molar-refractivity contribution in [3.8, 4) is 0 Å². The summed E-state index contributed by atoms with van der Waals surface area (Å²) in [6.45, 7) is 19.9. The first-order valence-electron chi connectivity index (χ1n) is 16.9. The Hall–Kier alpha value is -3.61. The van der Waals surface area contributed by atoms with Gasteiger partial charge in [0, 0.05) is 11.9 Å². The van der Waals surface area contributed by atoms with Crippen molar-refractivity contribution >= 4 is 49.0 Å². The molecular weight excluding hydrogens is 627 g/mol. The van der Waals surface area contributed by atoms with E-state index < -0.39 is 49.7 Å². The van der Waals surface area contributed by atoms with Crippen LogP contribution >= 0.6 is 0 Å². The lowest BCUT2D eigenvalue weighted by Gasteiger charge is -2.39. The summed E-state index contributed by atoms with van der Waals surface area (Å²) in [6, 6.07) is 7.75. The lowest BCUT2D eigenvalue weighted by atomic mass is 9.90. The fourth-order valence-electron chi connectivity index (χ4n) is 5.35. The number of hydrogen-bond acceptors (Lipinski definition) is 8. The van der Waals surface area contributed by atoms with E-state index in [1.807, 2.05) is 43.3 Å². The third kappa shape index (κ3) is 8.51. The van der Waals surface area contributed by atoms with Gasteiger partial charge in [0.05, 0.1) is 23.9 Å². The summed E-state index contributed by atoms with van der Waals surface area (Å²) in [5.74, 6) is -2.19. The highest BCUT2D eigenvalue weighted by Crippen LogP contribution is 2.38. The number of carbonyl (C=O) groups is 4. The maximum absolute atomic E-state index is 14.1. The van der Waals surface area contributed by atoms with Gasteiger partial charge in [-0.3, -0.25) is 29.2 Å². The highest BCUT2D eigenvalue weighted by molar-refractivity contribution is 6.74. The molecule has 5 atom stereocenters. The van der Waals surface area contributed by atoms with Gasteiger partial charge < -0.3 is 19.8 Å². The van der Waals surface area contributed by atoms with E-state index in [1.54, 1.807) is 33.8 Å². The monoisotopic (exact) mass is 679 g/mol. The molecule has 3 heterocycles. The minimum absolute atomic E-state index is 0.0646. The molecule has 5 bridgehead atoms. The molecule has 0 spiro atoms. The highest BCUT2D eigenvalue weighted by atomic mass is 28.4. The Morgan fingerprint density at radius 1 is 1.04 bits per heavy atom. The molecule has 1 fully saturated rings. The standard InChI is InChI=1S/C36H53N5O6Si/c1-22(2)30-32(43)38-24(4)33(44)41-19-11-12-28(40-41)31(42)37-23(3)27-16-15-26-14-13-25(20-29(26)39-27)17-18-36(8,34(45)47-30)21-46-48(9,10)35(5,6)7/h13-18,20,22-24,28,30,40H,11-12,19,21H2,1-10H3,(H,37,42)(H,38,43). The van der Waals surface area contributed by atoms with Gasteiger partial charge >= 0.3 is 5.97 Å². The average molecular weight is 680 g/mol. The maximum Gasteiger partial charge on any atom is 0.318 e. The molecule has 2 aromatic rings. The number of amides is 3. The summed E-state index contributed by atoms with van der Waals surface area (Å²) in [4.78, 5) is 59.3. The molecule has 262 valence electrons. The molecule has 2 aliphatic rings. The van der Waals surface area contributed by atoms with E-state index >= 15 is 0 Å². The van der Waals surface area contributed by atoms with Gasteiger partial charge in [-0.15, -0.1) is 0 Å². The van der Waals surface area contributed by atoms with Crippen molar-refractivity contribution < 1.29 is 28.3 Å². The Morgan fingerprint density at radius 2 is 1.71 bits per heavy atom. The van der Waals surface area contributed by atoms with Crippen molar-refractivity contribution in [3.05, 3.63) is 47.7 Å². The van der Waals surface area contributed by atoms with E-state index in [1.165, 1.54) is 5.01 Å². The number of carbonyl (C=O) groups excluding carboxylic acids is 4. The zero-order valence-electron chi connectivity index (χ0n) is 30.1. The Balaban J connectivity index is 1.77. The first kappa shape index (κ1) is 37.2. The third-order valence-electron chi connectivity index (χ3n) is 9.78. The zero-order valence-corrected chi connectivity index (χ0v) is 31.1. The van der Waals surface area contributed by atoms with Crippen LogP contribution in [0.1, 0.15) is 85.5 Å². The van der Waals surface area contributed by atoms with Gasteiger partial charge in [0.25, 0.3) is 11.8 Å². The summed E-state index contributed by atoms with van der Waals surface area (Å²) >= 11 is 0. The smallest absolute Gasteiger partial charge is 0.318 e. The van der Waals surface area contributed by atoms with Crippen LogP contribution in [0.4, 0.5) is 0 Å². The summed E-state index contributed by atoms with van der Waals surface area (Å²) in [7, 11) is -2.27. The molecule has 1 aromatic heterocycles. The van der Waals surface area contributed by atoms with Gasteiger partial charge in [-0.1, -0.05) is 65.0 Å². The first-order chi connectivity index (χ1) is 22.3. The van der Waals surface area contributed by atoms with Crippen LogP contribution in [0, 0.1) is 11.3 Å². The lowest BCUT2D eigenvalue weighted by Crippen LogP contribution is -2.61. The van der Waals surface area contributed by atoms with Crippen molar-refractivity contribution in [2.75, 3.05) is 13.2 Å². The molecule has 3 N–H and O–H groups in total. The SMILES string of the molecule is CC1NC(=O)C(C(C)C)OC(=O)C(C)(CO[Si](C)(C)C(C)(C)C)C=Cc2ccc3ccc(nc3c2)C(C)NC(=O)C2CCCN(N2)C1=O. The number of rotatable bonds is 4. The second kappa shape index (κ2) is 14.5. The molecule has 48 heavy (non-hydrogen) atoms. The number of nitrogens with zero attached hydrogens (tertiary/aromatic N) is 2. The van der Waals surface area contributed by atoms with Gasteiger partial charge in [0.1, 0.15) is 17.5 Å². The van der Waals surface area contributed by atoms with Gasteiger partial charge in [0.15, 0.2) is 14.4 Å². The molecule has 3 amide bonds. The predicted molar refractivity (Wildman–Crippen MR) is 189 cm³/mol. The molecule has 4 rings (SSSR count). The average Bonchev–Trinajstić information content (AvgIpc) is 3.03. The molecule has 0 radical (unpaired) electrons. The Bertz CT molecular complexity index is 1570. The van der Waals surface area contributed by atoms with Crippen LogP contribution in [0.15, 0.2) is 36.4 Å². The van der Waals surface area contributed by atoms with Crippen LogP contribution in [0.25, 0.3) is 17.0 Å². The maximum atomic E-state index is 14.1. The fourth-order valence-corrected chi connectivity index (χ4v) is 6.45. The van der Waals surface area contributed by atoms with E-state index in [9.17, 15) is 19.2 Å². The molecule has 1 aromatic carbocycles. The van der Waals surface area contributed by atoms with Crippen LogP contribution in [0.3, 0.4) is 0 Å². The predicted octanol–water partition coefficient (Wildman–Crippen LogP) is 5.04. The number of cyclic esters (lactones) is 1. The van der Waals surface area contributed by atoms with Gasteiger partial charge in [0.2, 0.25) is 5.91 Å². The number of pyridine rings is 1. The van der Waals surface area contributed by atoms with E-state index in [0.717, 1.165) is 16.5 Å². The first-order valence-corrected chi connectivity index (χ1v) is 19.9. The van der Waals surface area contributed by atoms with Crippen LogP contribution < -0.4 is 16.1 Å². The second-order valence-corrected chi connectivity index (χ2v) is 20.1. The number of hydrogen-bond donors (Lipinski definition) is 3. The van der Waals surface area contributed by atoms with Crippen molar-refractivity contribution in [2.45, 2.75) is 111 Å². The largest absolute Gasteiger partial charge is 0.451 e. The Morgan fingerprint density at radius 3 is 2.38 bits per heavy atom. The molecule has 12 heteroatoms. The lowest BCUT2D eigenvalue weighted by molar-refractivity contribution is -0.167. The number of aromatic nitrogens is 1. The number of esters is 1. The number of hydrazine groups is 1. The van der Waals surface area contributed by atoms with E-state index in [-0.39, 0.29) is 29.5 Å². The Kier molecular flexibility index (Phi) is 11.2. The van der Waals surface area contributed by atoms with Gasteiger partial charge in [-0.2, -0.15) is 0 Å². The number of ether oxygens (including phenoxy) is 1. The highest BCUT2D eigenvalue weighted by Gasteiger charge is 2.43. The van der Waals surface area contributed by atoms with Crippen molar-refractivity contribution in [1.29, 1.82) is 0 Å². The van der Waals surface area contributed by atoms with E-state index in [0.29, 0.717) is 25.1 Å². The minimum atomic E-state index is -2.27. The molecule has 1 saturated heterocycles. The number of nitrogens with one attached hydrogen (secondary N) is 3. The quantitative estimate of drug-likeness (QED) is 0.302. The van der Waals surface area contributed by atoms with Gasteiger partial charge in [-0.25, -0.2) is 5.43 Å². The van der Waals surface area contributed by atoms with Crippen molar-refractivity contribution in [2.24, 2.45) is 11.3 Å². The fraction of sp³-hybridized carbons (Fsp3) is 0.583. The Labute approximate surface area is 285 Å². The topological polar surface area (TPSA) is 139 Å². The zero-order chi connectivity index (χ0) is 35.6. The summed E-state index contributed by atoms with van der Waals surface area (Å²) < 4.78 is 12.5. The minimum Gasteiger partial charge on any atom is -0.451 e. The van der Waals surface area contributed by atoms with Crippen molar-refractivity contribution in [3.63, 3.8) is 0 Å². The normalized spacial score (nSPS) is 26.8. The van der Waals surface area contributed by atoms with E-state index in [2.05, 4.69) is 49.9 Å². The summed E-state index contributed by atoms with van der Waals surface area (Å²) in [6.07, 6.45) is 3.63. The molecule has 11 nitrogen and oxygen atoms in total. The van der Waals surface area contributed by atoms with Crippen LogP contribution in [0.2, 0.25) is 18.1 Å². The van der Waals surface area contributed by atoms with Crippen LogP contribution in [-0.2, 0) is 28.3 Å². The number of benzene rings is 1.